The van der Waals surface area contributed by atoms with E-state index in [0.29, 0.717) is 0 Å². The van der Waals surface area contributed by atoms with E-state index in [1.807, 2.05) is 184 Å². The van der Waals surface area contributed by atoms with Gasteiger partial charge in [-0.2, -0.15) is 0 Å². The number of halogens is 5. The Morgan fingerprint density at radius 2 is 0.218 bits per heavy atom. The van der Waals surface area contributed by atoms with Gasteiger partial charge in [-0.05, 0) is 0 Å². The molecule has 15 heterocycles. The van der Waals surface area contributed by atoms with Crippen molar-refractivity contribution in [2.24, 2.45) is 0 Å². The average Bonchev–Trinajstić information content (AvgIpc) is 2.77. The molecular weight excluding hydrogens is 1550 g/mol. The SMILES string of the molecule is [Cl-].[Cl-].[Cl-].[Cl-].[Cl-].[Ta+5].[Ta+5].c1cc([BH-](c2cc[nH]n2)c2cc[nH]n2)n[nH]1.c1cc([BH-](c2cc[nH]n2)c2cc[nH]n2)n[nH]1.c1cc([BH-](c2cc[nH]n2)c2cc[nH]n2)n[nH]1.c1cc([BH-](c2cc[nH]n2)c2cc[nH]n2)n[nH]1.c1cc([BH-](c2cc[nH]n2)c2cc[nH]n2)n[nH]1. The molecule has 0 aliphatic carbocycles. The van der Waals surface area contributed by atoms with Crippen molar-refractivity contribution < 1.29 is 107 Å². The number of aromatic amines is 15. The molecule has 0 atom stereocenters. The van der Waals surface area contributed by atoms with Gasteiger partial charge in [-0.1, -0.05) is 175 Å². The third-order valence-electron chi connectivity index (χ3n) is 13.8. The van der Waals surface area contributed by atoms with Crippen molar-refractivity contribution in [3.63, 3.8) is 0 Å². The van der Waals surface area contributed by atoms with Crippen LogP contribution in [0.2, 0.25) is 0 Å². The Balaban J connectivity index is 0.000000228. The van der Waals surface area contributed by atoms with Crippen LogP contribution in [0.3, 0.4) is 0 Å². The first kappa shape index (κ1) is 70.9. The van der Waals surface area contributed by atoms with Gasteiger partial charge in [-0.25, -0.2) is 76.5 Å². The zero-order chi connectivity index (χ0) is 54.0. The molecule has 0 unspecified atom stereocenters. The van der Waals surface area contributed by atoms with Gasteiger partial charge in [0.25, 0.3) is 0 Å². The molecule has 15 rings (SSSR count). The van der Waals surface area contributed by atoms with Crippen molar-refractivity contribution in [2.75, 3.05) is 0 Å². The molecule has 0 aliphatic heterocycles. The van der Waals surface area contributed by atoms with E-state index in [0.717, 1.165) is 83.9 Å². The summed E-state index contributed by atoms with van der Waals surface area (Å²) >= 11 is 0. The minimum Gasteiger partial charge on any atom is -1.00 e. The van der Waals surface area contributed by atoms with E-state index in [9.17, 15) is 0 Å². The van der Waals surface area contributed by atoms with Gasteiger partial charge in [0.05, 0.1) is 0 Å². The maximum atomic E-state index is 4.23. The van der Waals surface area contributed by atoms with E-state index >= 15 is 0 Å². The molecule has 0 spiro atoms. The molecule has 0 radical (unpaired) electrons. The van der Waals surface area contributed by atoms with Crippen molar-refractivity contribution in [2.45, 2.75) is 0 Å². The fraction of sp³-hybridized carbons (Fsp3) is 0. The van der Waals surface area contributed by atoms with Crippen molar-refractivity contribution in [3.05, 3.63) is 184 Å². The van der Waals surface area contributed by atoms with Crippen LogP contribution >= 0.6 is 0 Å². The van der Waals surface area contributed by atoms with Gasteiger partial charge >= 0.3 is 44.8 Å². The number of nitrogens with one attached hydrogen (secondary N) is 15. The number of nitrogens with zero attached hydrogens (tertiary/aromatic N) is 15. The molecule has 87 heavy (non-hydrogen) atoms. The molecule has 42 heteroatoms. The topological polar surface area (TPSA) is 430 Å². The molecular formula is C45H50B5Cl5N30Ta2. The maximum Gasteiger partial charge on any atom is 5.00 e. The summed E-state index contributed by atoms with van der Waals surface area (Å²) in [7, 11) is 0. The summed E-state index contributed by atoms with van der Waals surface area (Å²) in [6.07, 6.45) is 27.2. The predicted octanol–water partition coefficient (Wildman–Crippen LogP) is -24.5. The first-order chi connectivity index (χ1) is 39.7. The van der Waals surface area contributed by atoms with Crippen LogP contribution in [0.4, 0.5) is 0 Å². The Hall–Kier alpha value is -8.59. The quantitative estimate of drug-likeness (QED) is 0.0424. The van der Waals surface area contributed by atoms with E-state index < -0.39 is 33.6 Å². The Morgan fingerprint density at radius 3 is 0.264 bits per heavy atom. The molecule has 0 bridgehead atoms. The number of hydrogen-bond acceptors (Lipinski definition) is 15. The molecule has 15 N–H and O–H groups in total. The van der Waals surface area contributed by atoms with E-state index in [4.69, 9.17) is 0 Å². The van der Waals surface area contributed by atoms with Gasteiger partial charge in [0.2, 0.25) is 0 Å². The zero-order valence-corrected chi connectivity index (χ0v) is 55.6. The summed E-state index contributed by atoms with van der Waals surface area (Å²) < 4.78 is 0. The second-order valence-electron chi connectivity index (χ2n) is 18.6. The maximum absolute atomic E-state index is 4.23. The van der Waals surface area contributed by atoms with Gasteiger partial charge in [0.1, 0.15) is 33.6 Å². The Bertz CT molecular complexity index is 2860. The summed E-state index contributed by atoms with van der Waals surface area (Å²) in [6, 6.07) is 29.4. The van der Waals surface area contributed by atoms with Crippen LogP contribution in [0.25, 0.3) is 0 Å². The third kappa shape index (κ3) is 18.0. The minimum absolute atomic E-state index is 0. The Morgan fingerprint density at radius 1 is 0.149 bits per heavy atom. The summed E-state index contributed by atoms with van der Waals surface area (Å²) in [4.78, 5) is 0. The molecule has 15 aromatic rings. The molecule has 30 nitrogen and oxygen atoms in total. The van der Waals surface area contributed by atoms with Gasteiger partial charge in [-0.15, -0.1) is 0 Å². The zero-order valence-electron chi connectivity index (χ0n) is 45.3. The van der Waals surface area contributed by atoms with Crippen LogP contribution < -0.4 is 146 Å². The first-order valence-corrected chi connectivity index (χ1v) is 25.7. The second-order valence-corrected chi connectivity index (χ2v) is 18.6. The molecule has 0 aliphatic rings. The third-order valence-corrected chi connectivity index (χ3v) is 13.8. The second kappa shape index (κ2) is 36.4. The Kier molecular flexibility index (Phi) is 29.7. The minimum atomic E-state index is -0.969. The summed E-state index contributed by atoms with van der Waals surface area (Å²) in [5.41, 5.74) is 14.8. The summed E-state index contributed by atoms with van der Waals surface area (Å²) in [5, 5.41) is 106. The summed E-state index contributed by atoms with van der Waals surface area (Å²) in [5.74, 6) is 0. The first-order valence-electron chi connectivity index (χ1n) is 25.7. The van der Waals surface area contributed by atoms with Crippen LogP contribution in [0, 0.1) is 0 Å². The largest absolute Gasteiger partial charge is 5.00 e. The standard InChI is InChI=1S/5C9H10BN6.5ClH.2Ta/c5*1-4-11-14-7(1)10(8-2-5-12-15-8)9-3-6-13-16-9;;;;;;;/h5*1-6,10H,(H,11,14)(H,12,15)(H,13,16);5*1H;;/q5*-1;;;;;;2*+5/p-5. The Labute approximate surface area is 556 Å². The van der Waals surface area contributed by atoms with Crippen LogP contribution in [0.1, 0.15) is 0 Å². The van der Waals surface area contributed by atoms with Crippen LogP contribution in [0.15, 0.2) is 184 Å². The summed E-state index contributed by atoms with van der Waals surface area (Å²) in [6.45, 7) is -4.84. The van der Waals surface area contributed by atoms with Crippen molar-refractivity contribution in [1.29, 1.82) is 0 Å². The van der Waals surface area contributed by atoms with Crippen LogP contribution in [0.5, 0.6) is 0 Å². The monoisotopic (exact) mass is 1600 g/mol. The van der Waals surface area contributed by atoms with Gasteiger partial charge in [0.15, 0.2) is 0 Å². The van der Waals surface area contributed by atoms with Crippen LogP contribution in [-0.4, -0.2) is 187 Å². The smallest absolute Gasteiger partial charge is 1.00 e. The molecule has 440 valence electrons. The van der Waals surface area contributed by atoms with E-state index in [2.05, 4.69) is 153 Å². The fourth-order valence-electron chi connectivity index (χ4n) is 10.1. The average molecular weight is 1600 g/mol. The normalized spacial score (nSPS) is 10.2. The predicted molar refractivity (Wildman–Crippen MR) is 309 cm³/mol. The number of hydrogen-bond donors (Lipinski definition) is 15. The van der Waals surface area contributed by atoms with E-state index in [1.54, 1.807) is 0 Å². The van der Waals surface area contributed by atoms with Gasteiger partial charge in [-0.3, -0.25) is 76.5 Å². The molecule has 15 aromatic heterocycles. The molecule has 0 saturated heterocycles. The van der Waals surface area contributed by atoms with Crippen molar-refractivity contribution >= 4 is 117 Å². The molecule has 0 fully saturated rings. The molecule has 0 aromatic carbocycles. The van der Waals surface area contributed by atoms with Crippen molar-refractivity contribution in [1.82, 2.24) is 153 Å². The van der Waals surface area contributed by atoms with E-state index in [-0.39, 0.29) is 107 Å². The van der Waals surface area contributed by atoms with Gasteiger partial charge in [0, 0.05) is 93.0 Å². The van der Waals surface area contributed by atoms with Gasteiger partial charge < -0.3 is 62.0 Å². The molecule has 0 amide bonds. The molecule has 0 saturated carbocycles. The van der Waals surface area contributed by atoms with Crippen LogP contribution in [-0.2, 0) is 44.8 Å². The van der Waals surface area contributed by atoms with E-state index in [1.165, 1.54) is 0 Å². The fourth-order valence-corrected chi connectivity index (χ4v) is 10.1. The number of H-pyrrole nitrogens is 15. The number of aromatic nitrogens is 30. The number of rotatable bonds is 15. The van der Waals surface area contributed by atoms with Crippen molar-refractivity contribution in [3.8, 4) is 0 Å².